The highest BCUT2D eigenvalue weighted by Gasteiger charge is 2.56. The van der Waals surface area contributed by atoms with E-state index in [9.17, 15) is 14.4 Å². The monoisotopic (exact) mass is 541 g/mol. The van der Waals surface area contributed by atoms with E-state index in [0.29, 0.717) is 46.7 Å². The van der Waals surface area contributed by atoms with Crippen LogP contribution in [0, 0.1) is 5.41 Å². The molecule has 0 bridgehead atoms. The van der Waals surface area contributed by atoms with Crippen molar-refractivity contribution in [1.82, 2.24) is 10.2 Å². The number of benzene rings is 3. The smallest absolute Gasteiger partial charge is 0.275 e. The first-order valence-electron chi connectivity index (χ1n) is 13.6. The Bertz CT molecular complexity index is 1870. The molecule has 1 amide bonds. The lowest BCUT2D eigenvalue weighted by Gasteiger charge is -2.40. The molecule has 0 saturated carbocycles. The number of fused-ring (bicyclic) bond motifs is 3. The van der Waals surface area contributed by atoms with Crippen molar-refractivity contribution >= 4 is 23.1 Å². The third-order valence-corrected chi connectivity index (χ3v) is 8.11. The Morgan fingerprint density at radius 3 is 2.17 bits per heavy atom. The molecule has 41 heavy (non-hydrogen) atoms. The number of aromatic amines is 1. The number of allylic oxidation sites excluding steroid dienone is 1. The van der Waals surface area contributed by atoms with Crippen LogP contribution in [0.3, 0.4) is 0 Å². The average Bonchev–Trinajstić information content (AvgIpc) is 3.23. The van der Waals surface area contributed by atoms with Crippen molar-refractivity contribution < 1.29 is 14.3 Å². The number of nitrogens with zero attached hydrogens (tertiary/aromatic N) is 1. The fourth-order valence-electron chi connectivity index (χ4n) is 6.39. The number of rotatable bonds is 3. The summed E-state index contributed by atoms with van der Waals surface area (Å²) in [6.45, 7) is 4.01. The zero-order chi connectivity index (χ0) is 28.4. The molecule has 7 nitrogen and oxygen atoms in total. The maximum atomic E-state index is 14.0. The minimum atomic E-state index is -1.43. The van der Waals surface area contributed by atoms with Gasteiger partial charge in [-0.25, -0.2) is 5.10 Å². The number of ether oxygens (including phenoxy) is 1. The van der Waals surface area contributed by atoms with Gasteiger partial charge in [0.1, 0.15) is 16.9 Å². The Labute approximate surface area is 236 Å². The van der Waals surface area contributed by atoms with E-state index in [1.165, 1.54) is 0 Å². The fourth-order valence-corrected chi connectivity index (χ4v) is 6.39. The van der Waals surface area contributed by atoms with Gasteiger partial charge in [-0.05, 0) is 28.7 Å². The van der Waals surface area contributed by atoms with Gasteiger partial charge in [-0.3, -0.25) is 14.4 Å². The van der Waals surface area contributed by atoms with Gasteiger partial charge < -0.3 is 10.1 Å². The summed E-state index contributed by atoms with van der Waals surface area (Å²) < 4.78 is 6.56. The molecule has 7 rings (SSSR count). The highest BCUT2D eigenvalue weighted by Crippen LogP contribution is 2.54. The van der Waals surface area contributed by atoms with E-state index in [1.807, 2.05) is 98.8 Å². The minimum Gasteiger partial charge on any atom is -0.461 e. The van der Waals surface area contributed by atoms with Crippen molar-refractivity contribution in [2.75, 3.05) is 5.32 Å². The van der Waals surface area contributed by atoms with Gasteiger partial charge in [-0.15, -0.1) is 0 Å². The number of nitrogens with one attached hydrogen (secondary N) is 2. The molecule has 7 heteroatoms. The second kappa shape index (κ2) is 8.99. The summed E-state index contributed by atoms with van der Waals surface area (Å²) in [5, 5.41) is 10.1. The van der Waals surface area contributed by atoms with Crippen LogP contribution in [0.5, 0.6) is 0 Å². The van der Waals surface area contributed by atoms with Crippen molar-refractivity contribution in [3.05, 3.63) is 124 Å². The molecule has 0 radical (unpaired) electrons. The summed E-state index contributed by atoms with van der Waals surface area (Å²) in [4.78, 5) is 41.5. The minimum absolute atomic E-state index is 0.129. The van der Waals surface area contributed by atoms with Gasteiger partial charge in [0, 0.05) is 29.7 Å². The van der Waals surface area contributed by atoms with E-state index in [2.05, 4.69) is 15.5 Å². The first kappa shape index (κ1) is 25.0. The standard InChI is InChI=1S/C34H27N3O4/c1-33(2)17-24(38)29-26(18-33)41-25(19-34(29)22-15-9-10-16-23(22)35-32(34)40)28-27(20-11-5-3-6-12-20)30(36-37-31(28)39)21-13-7-4-8-14-21/h3-16,19H,17-18H2,1-2H3,(H,35,40)(H,37,39). The van der Waals surface area contributed by atoms with Crippen LogP contribution in [0.1, 0.15) is 37.8 Å². The van der Waals surface area contributed by atoms with Gasteiger partial charge in [-0.1, -0.05) is 92.7 Å². The van der Waals surface area contributed by atoms with E-state index in [-0.39, 0.29) is 28.4 Å². The van der Waals surface area contributed by atoms with Crippen LogP contribution < -0.4 is 10.9 Å². The number of H-pyrrole nitrogens is 1. The number of anilines is 1. The van der Waals surface area contributed by atoms with Gasteiger partial charge in [-0.2, -0.15) is 5.10 Å². The van der Waals surface area contributed by atoms with Crippen LogP contribution in [0.2, 0.25) is 0 Å². The summed E-state index contributed by atoms with van der Waals surface area (Å²) in [6, 6.07) is 26.5. The third-order valence-electron chi connectivity index (χ3n) is 8.11. The van der Waals surface area contributed by atoms with Gasteiger partial charge in [0.15, 0.2) is 5.78 Å². The highest BCUT2D eigenvalue weighted by molar-refractivity contribution is 6.18. The van der Waals surface area contributed by atoms with Gasteiger partial charge in [0.2, 0.25) is 5.91 Å². The van der Waals surface area contributed by atoms with Crippen LogP contribution in [0.4, 0.5) is 5.69 Å². The molecule has 1 unspecified atom stereocenters. The molecule has 1 aromatic heterocycles. The van der Waals surface area contributed by atoms with Gasteiger partial charge in [0.05, 0.1) is 16.8 Å². The quantitative estimate of drug-likeness (QED) is 0.331. The largest absolute Gasteiger partial charge is 0.461 e. The summed E-state index contributed by atoms with van der Waals surface area (Å²) >= 11 is 0. The van der Waals surface area contributed by atoms with Crippen molar-refractivity contribution in [2.24, 2.45) is 5.41 Å². The molecule has 2 N–H and O–H groups in total. The highest BCUT2D eigenvalue weighted by atomic mass is 16.5. The lowest BCUT2D eigenvalue weighted by atomic mass is 9.64. The SMILES string of the molecule is CC1(C)CC(=O)C2=C(C1)OC(c1c(-c3ccccc3)c(-c3ccccc3)n[nH]c1=O)=CC21C(=O)Nc2ccccc21. The molecule has 4 aromatic rings. The molecule has 0 fully saturated rings. The van der Waals surface area contributed by atoms with Crippen LogP contribution in [0.15, 0.2) is 107 Å². The Kier molecular flexibility index (Phi) is 5.47. The number of carbonyl (C=O) groups is 2. The summed E-state index contributed by atoms with van der Waals surface area (Å²) in [7, 11) is 0. The predicted octanol–water partition coefficient (Wildman–Crippen LogP) is 6.01. The summed E-state index contributed by atoms with van der Waals surface area (Å²) in [5.41, 5.74) is 2.38. The molecule has 2 aliphatic heterocycles. The lowest BCUT2D eigenvalue weighted by molar-refractivity contribution is -0.124. The van der Waals surface area contributed by atoms with E-state index in [0.717, 1.165) is 11.1 Å². The number of hydrogen-bond donors (Lipinski definition) is 2. The maximum Gasteiger partial charge on any atom is 0.275 e. The van der Waals surface area contributed by atoms with Crippen LogP contribution in [-0.4, -0.2) is 21.9 Å². The molecule has 3 aromatic carbocycles. The van der Waals surface area contributed by atoms with Crippen molar-refractivity contribution in [2.45, 2.75) is 32.1 Å². The van der Waals surface area contributed by atoms with Gasteiger partial charge in [0.25, 0.3) is 5.56 Å². The number of aromatic nitrogens is 2. The average molecular weight is 542 g/mol. The fraction of sp³-hybridized carbons (Fsp3) is 0.176. The van der Waals surface area contributed by atoms with Crippen LogP contribution >= 0.6 is 0 Å². The number of amides is 1. The topological polar surface area (TPSA) is 101 Å². The second-order valence-corrected chi connectivity index (χ2v) is 11.5. The number of para-hydroxylation sites is 1. The molecule has 3 aliphatic rings. The van der Waals surface area contributed by atoms with Crippen molar-refractivity contribution in [3.63, 3.8) is 0 Å². The third kappa shape index (κ3) is 3.80. The van der Waals surface area contributed by atoms with E-state index in [1.54, 1.807) is 6.08 Å². The molecular formula is C34H27N3O4. The number of hydrogen-bond acceptors (Lipinski definition) is 5. The summed E-state index contributed by atoms with van der Waals surface area (Å²) in [5.74, 6) is 0.179. The maximum absolute atomic E-state index is 14.0. The van der Waals surface area contributed by atoms with Crippen molar-refractivity contribution in [1.29, 1.82) is 0 Å². The first-order valence-corrected chi connectivity index (χ1v) is 13.6. The van der Waals surface area contributed by atoms with Crippen molar-refractivity contribution in [3.8, 4) is 22.4 Å². The molecule has 1 aliphatic carbocycles. The van der Waals surface area contributed by atoms with E-state index < -0.39 is 11.0 Å². The number of Topliss-reactive ketones (excluding diaryl/α,β-unsaturated/α-hetero) is 1. The molecule has 202 valence electrons. The zero-order valence-corrected chi connectivity index (χ0v) is 22.7. The number of ketones is 1. The predicted molar refractivity (Wildman–Crippen MR) is 157 cm³/mol. The first-order chi connectivity index (χ1) is 19.8. The Hall–Kier alpha value is -5.04. The van der Waals surface area contributed by atoms with E-state index >= 15 is 0 Å². The van der Waals surface area contributed by atoms with Crippen LogP contribution in [0.25, 0.3) is 28.1 Å². The molecule has 0 saturated heterocycles. The Morgan fingerprint density at radius 2 is 1.44 bits per heavy atom. The zero-order valence-electron chi connectivity index (χ0n) is 22.7. The van der Waals surface area contributed by atoms with Crippen LogP contribution in [-0.2, 0) is 19.7 Å². The molecular weight excluding hydrogens is 514 g/mol. The number of carbonyl (C=O) groups excluding carboxylic acids is 2. The lowest BCUT2D eigenvalue weighted by Crippen LogP contribution is -2.44. The molecule has 3 heterocycles. The Balaban J connectivity index is 1.56. The van der Waals surface area contributed by atoms with Gasteiger partial charge >= 0.3 is 0 Å². The molecule has 1 spiro atoms. The Morgan fingerprint density at radius 1 is 0.780 bits per heavy atom. The summed E-state index contributed by atoms with van der Waals surface area (Å²) in [6.07, 6.45) is 2.39. The normalized spacial score (nSPS) is 20.7. The van der Waals surface area contributed by atoms with E-state index in [4.69, 9.17) is 4.74 Å². The molecule has 1 atom stereocenters. The second-order valence-electron chi connectivity index (χ2n) is 11.5.